The molecule has 1 amide bonds. The second-order valence-electron chi connectivity index (χ2n) is 6.16. The van der Waals surface area contributed by atoms with Crippen LogP contribution in [0.4, 0.5) is 5.69 Å². The molecule has 4 rings (SSSR count). The van der Waals surface area contributed by atoms with E-state index in [0.29, 0.717) is 29.3 Å². The molecule has 0 saturated carbocycles. The lowest BCUT2D eigenvalue weighted by molar-refractivity contribution is 0.102. The van der Waals surface area contributed by atoms with Gasteiger partial charge in [0, 0.05) is 5.56 Å². The molecule has 0 spiro atoms. The fourth-order valence-corrected chi connectivity index (χ4v) is 2.73. The van der Waals surface area contributed by atoms with Gasteiger partial charge in [-0.25, -0.2) is 9.67 Å². The number of hydrogen-bond donors (Lipinski definition) is 1. The summed E-state index contributed by atoms with van der Waals surface area (Å²) in [6.07, 6.45) is 3.15. The number of rotatable bonds is 6. The standard InChI is InChI=1S/C22H18N4O2/c27-22(18-12-10-17(11-13-18)14-26-16-23-15-24-26)25-20-8-4-5-9-21(20)28-19-6-2-1-3-7-19/h1-13,15-16H,14H2,(H,25,27). The molecule has 0 atom stereocenters. The van der Waals surface area contributed by atoms with Gasteiger partial charge in [0.15, 0.2) is 5.75 Å². The highest BCUT2D eigenvalue weighted by atomic mass is 16.5. The molecular formula is C22H18N4O2. The summed E-state index contributed by atoms with van der Waals surface area (Å²) >= 11 is 0. The van der Waals surface area contributed by atoms with Crippen LogP contribution in [0, 0.1) is 0 Å². The van der Waals surface area contributed by atoms with Gasteiger partial charge in [-0.15, -0.1) is 0 Å². The van der Waals surface area contributed by atoms with Crippen molar-refractivity contribution >= 4 is 11.6 Å². The van der Waals surface area contributed by atoms with Gasteiger partial charge in [0.1, 0.15) is 18.4 Å². The first-order valence-electron chi connectivity index (χ1n) is 8.82. The first-order valence-corrected chi connectivity index (χ1v) is 8.82. The Morgan fingerprint density at radius 3 is 2.43 bits per heavy atom. The summed E-state index contributed by atoms with van der Waals surface area (Å²) in [4.78, 5) is 16.6. The number of hydrogen-bond acceptors (Lipinski definition) is 4. The van der Waals surface area contributed by atoms with Gasteiger partial charge in [-0.05, 0) is 42.0 Å². The topological polar surface area (TPSA) is 69.0 Å². The van der Waals surface area contributed by atoms with Crippen molar-refractivity contribution in [2.75, 3.05) is 5.32 Å². The Hall–Kier alpha value is -3.93. The van der Waals surface area contributed by atoms with E-state index in [4.69, 9.17) is 4.74 Å². The molecule has 1 N–H and O–H groups in total. The van der Waals surface area contributed by atoms with Crippen LogP contribution in [0.1, 0.15) is 15.9 Å². The van der Waals surface area contributed by atoms with E-state index in [1.807, 2.05) is 66.7 Å². The maximum absolute atomic E-state index is 12.7. The molecule has 6 nitrogen and oxygen atoms in total. The van der Waals surface area contributed by atoms with E-state index in [-0.39, 0.29) is 5.91 Å². The summed E-state index contributed by atoms with van der Waals surface area (Å²) in [5, 5.41) is 7.00. The monoisotopic (exact) mass is 370 g/mol. The molecule has 0 bridgehead atoms. The summed E-state index contributed by atoms with van der Waals surface area (Å²) in [6, 6.07) is 24.2. The lowest BCUT2D eigenvalue weighted by atomic mass is 10.1. The Balaban J connectivity index is 1.46. The summed E-state index contributed by atoms with van der Waals surface area (Å²) in [5.41, 5.74) is 2.22. The largest absolute Gasteiger partial charge is 0.455 e. The van der Waals surface area contributed by atoms with Gasteiger partial charge in [0.25, 0.3) is 5.91 Å². The van der Waals surface area contributed by atoms with Crippen molar-refractivity contribution in [3.63, 3.8) is 0 Å². The Kier molecular flexibility index (Phi) is 5.11. The van der Waals surface area contributed by atoms with E-state index >= 15 is 0 Å². The third-order valence-electron chi connectivity index (χ3n) is 4.13. The van der Waals surface area contributed by atoms with E-state index in [0.717, 1.165) is 5.56 Å². The highest BCUT2D eigenvalue weighted by Crippen LogP contribution is 2.29. The number of amides is 1. The third kappa shape index (κ3) is 4.24. The molecule has 28 heavy (non-hydrogen) atoms. The average molecular weight is 370 g/mol. The third-order valence-corrected chi connectivity index (χ3v) is 4.13. The second kappa shape index (κ2) is 8.18. The normalized spacial score (nSPS) is 10.4. The molecule has 3 aromatic carbocycles. The summed E-state index contributed by atoms with van der Waals surface area (Å²) < 4.78 is 7.62. The van der Waals surface area contributed by atoms with Crippen molar-refractivity contribution < 1.29 is 9.53 Å². The van der Waals surface area contributed by atoms with Crippen molar-refractivity contribution in [3.05, 3.63) is 103 Å². The Bertz CT molecular complexity index is 1050. The maximum Gasteiger partial charge on any atom is 0.255 e. The molecule has 4 aromatic rings. The predicted molar refractivity (Wildman–Crippen MR) is 106 cm³/mol. The van der Waals surface area contributed by atoms with Crippen molar-refractivity contribution in [1.82, 2.24) is 14.8 Å². The minimum absolute atomic E-state index is 0.198. The van der Waals surface area contributed by atoms with E-state index < -0.39 is 0 Å². The zero-order valence-corrected chi connectivity index (χ0v) is 15.0. The molecule has 0 radical (unpaired) electrons. The number of carbonyl (C=O) groups is 1. The summed E-state index contributed by atoms with van der Waals surface area (Å²) in [6.45, 7) is 0.607. The van der Waals surface area contributed by atoms with Crippen LogP contribution in [0.3, 0.4) is 0 Å². The van der Waals surface area contributed by atoms with Crippen LogP contribution >= 0.6 is 0 Å². The van der Waals surface area contributed by atoms with Crippen LogP contribution < -0.4 is 10.1 Å². The lowest BCUT2D eigenvalue weighted by Crippen LogP contribution is -2.12. The Morgan fingerprint density at radius 2 is 1.68 bits per heavy atom. The van der Waals surface area contributed by atoms with Crippen LogP contribution in [-0.2, 0) is 6.54 Å². The number of para-hydroxylation sites is 3. The van der Waals surface area contributed by atoms with Gasteiger partial charge in [-0.1, -0.05) is 42.5 Å². The highest BCUT2D eigenvalue weighted by Gasteiger charge is 2.10. The Labute approximate surface area is 162 Å². The van der Waals surface area contributed by atoms with Gasteiger partial charge >= 0.3 is 0 Å². The van der Waals surface area contributed by atoms with E-state index in [1.54, 1.807) is 23.1 Å². The van der Waals surface area contributed by atoms with Crippen molar-refractivity contribution in [1.29, 1.82) is 0 Å². The number of benzene rings is 3. The smallest absolute Gasteiger partial charge is 0.255 e. The number of carbonyl (C=O) groups excluding carboxylic acids is 1. The molecule has 1 heterocycles. The van der Waals surface area contributed by atoms with Crippen molar-refractivity contribution in [2.45, 2.75) is 6.54 Å². The zero-order valence-electron chi connectivity index (χ0n) is 15.0. The highest BCUT2D eigenvalue weighted by molar-refractivity contribution is 6.05. The van der Waals surface area contributed by atoms with Crippen LogP contribution in [-0.4, -0.2) is 20.7 Å². The van der Waals surface area contributed by atoms with Gasteiger partial charge in [-0.2, -0.15) is 5.10 Å². The molecule has 0 unspecified atom stereocenters. The van der Waals surface area contributed by atoms with E-state index in [1.165, 1.54) is 6.33 Å². The van der Waals surface area contributed by atoms with E-state index in [2.05, 4.69) is 15.4 Å². The first-order chi connectivity index (χ1) is 13.8. The number of aromatic nitrogens is 3. The van der Waals surface area contributed by atoms with Gasteiger partial charge in [0.05, 0.1) is 12.2 Å². The number of anilines is 1. The van der Waals surface area contributed by atoms with Crippen LogP contribution in [0.2, 0.25) is 0 Å². The fourth-order valence-electron chi connectivity index (χ4n) is 2.73. The molecule has 0 aliphatic heterocycles. The molecule has 0 aliphatic rings. The molecule has 6 heteroatoms. The van der Waals surface area contributed by atoms with Crippen LogP contribution in [0.15, 0.2) is 91.5 Å². The number of ether oxygens (including phenoxy) is 1. The number of nitrogens with one attached hydrogen (secondary N) is 1. The van der Waals surface area contributed by atoms with E-state index in [9.17, 15) is 4.79 Å². The van der Waals surface area contributed by atoms with Gasteiger partial charge in [0.2, 0.25) is 0 Å². The van der Waals surface area contributed by atoms with Crippen molar-refractivity contribution in [3.8, 4) is 11.5 Å². The van der Waals surface area contributed by atoms with Crippen LogP contribution in [0.5, 0.6) is 11.5 Å². The van der Waals surface area contributed by atoms with Gasteiger partial charge in [-0.3, -0.25) is 4.79 Å². The molecule has 0 aliphatic carbocycles. The first kappa shape index (κ1) is 17.5. The minimum atomic E-state index is -0.198. The predicted octanol–water partition coefficient (Wildman–Crippen LogP) is 4.37. The van der Waals surface area contributed by atoms with Gasteiger partial charge < -0.3 is 10.1 Å². The molecule has 138 valence electrons. The lowest BCUT2D eigenvalue weighted by Gasteiger charge is -2.12. The SMILES string of the molecule is O=C(Nc1ccccc1Oc1ccccc1)c1ccc(Cn2cncn2)cc1. The Morgan fingerprint density at radius 1 is 0.929 bits per heavy atom. The average Bonchev–Trinajstić information content (AvgIpc) is 3.24. The molecule has 0 fully saturated rings. The maximum atomic E-state index is 12.7. The molecular weight excluding hydrogens is 352 g/mol. The molecule has 1 aromatic heterocycles. The quantitative estimate of drug-likeness (QED) is 0.547. The molecule has 0 saturated heterocycles. The zero-order chi connectivity index (χ0) is 19.2. The second-order valence-corrected chi connectivity index (χ2v) is 6.16. The summed E-state index contributed by atoms with van der Waals surface area (Å²) in [5.74, 6) is 1.10. The number of nitrogens with zero attached hydrogens (tertiary/aromatic N) is 3. The summed E-state index contributed by atoms with van der Waals surface area (Å²) in [7, 11) is 0. The minimum Gasteiger partial charge on any atom is -0.455 e. The van der Waals surface area contributed by atoms with Crippen LogP contribution in [0.25, 0.3) is 0 Å². The van der Waals surface area contributed by atoms with Crippen molar-refractivity contribution in [2.24, 2.45) is 0 Å². The fraction of sp³-hybridized carbons (Fsp3) is 0.0455.